The van der Waals surface area contributed by atoms with Crippen molar-refractivity contribution in [2.24, 2.45) is 11.8 Å². The summed E-state index contributed by atoms with van der Waals surface area (Å²) in [7, 11) is 0. The Morgan fingerprint density at radius 3 is 2.09 bits per heavy atom. The highest BCUT2D eigenvalue weighted by Gasteiger charge is 2.74. The highest BCUT2D eigenvalue weighted by atomic mass is 35.5. The van der Waals surface area contributed by atoms with E-state index in [0.29, 0.717) is 21.8 Å². The van der Waals surface area contributed by atoms with Crippen molar-refractivity contribution in [1.29, 1.82) is 0 Å². The molecule has 2 heterocycles. The molecule has 6 rings (SSSR count). The zero-order chi connectivity index (χ0) is 23.8. The Hall–Kier alpha value is -3.61. The van der Waals surface area contributed by atoms with Crippen molar-refractivity contribution in [2.75, 3.05) is 4.90 Å². The number of rotatable bonds is 2. The van der Waals surface area contributed by atoms with Crippen LogP contribution in [0.1, 0.15) is 37.9 Å². The normalized spacial score (nSPS) is 24.8. The maximum atomic E-state index is 13.9. The Labute approximate surface area is 200 Å². The number of hydrogen-bond acceptors (Lipinski definition) is 5. The number of benzene rings is 3. The molecule has 0 saturated carbocycles. The van der Waals surface area contributed by atoms with Crippen molar-refractivity contribution in [2.45, 2.75) is 18.6 Å². The van der Waals surface area contributed by atoms with Gasteiger partial charge < -0.3 is 4.74 Å². The number of anilines is 1. The van der Waals surface area contributed by atoms with Crippen LogP contribution in [-0.2, 0) is 14.3 Å². The molecule has 2 amide bonds. The van der Waals surface area contributed by atoms with E-state index >= 15 is 0 Å². The first-order valence-electron chi connectivity index (χ1n) is 10.9. The van der Waals surface area contributed by atoms with E-state index in [1.165, 1.54) is 0 Å². The summed E-state index contributed by atoms with van der Waals surface area (Å²) in [4.78, 5) is 56.3. The molecule has 7 heteroatoms. The van der Waals surface area contributed by atoms with E-state index < -0.39 is 46.9 Å². The van der Waals surface area contributed by atoms with E-state index in [1.54, 1.807) is 73.7 Å². The predicted molar refractivity (Wildman–Crippen MR) is 124 cm³/mol. The van der Waals surface area contributed by atoms with Crippen LogP contribution in [0.5, 0.6) is 0 Å². The lowest BCUT2D eigenvalue weighted by Crippen LogP contribution is -2.51. The first-order valence-corrected chi connectivity index (χ1v) is 11.3. The fraction of sp³-hybridized carbons (Fsp3) is 0.185. The second kappa shape index (κ2) is 7.19. The Kier molecular flexibility index (Phi) is 4.43. The minimum Gasteiger partial charge on any atom is -0.349 e. The average Bonchev–Trinajstić information content (AvgIpc) is 3.41. The Morgan fingerprint density at radius 1 is 0.824 bits per heavy atom. The molecular weight excluding hydrogens is 454 g/mol. The standard InChI is InChI=1S/C27H18ClNO5/c1-14-11-12-16(28)13-19(14)29-25(32)20-21(26(29)33)27(34-22(20)15-7-3-2-4-8-15)23(30)17-9-5-6-10-18(17)24(27)31/h2-13,20-22H,1H3/t20-,21+,22-/m1/s1. The number of imide groups is 1. The second-order valence-corrected chi connectivity index (χ2v) is 9.27. The molecule has 3 aromatic carbocycles. The van der Waals surface area contributed by atoms with Gasteiger partial charge in [-0.2, -0.15) is 0 Å². The van der Waals surface area contributed by atoms with Gasteiger partial charge in [0.1, 0.15) is 0 Å². The SMILES string of the molecule is Cc1ccc(Cl)cc1N1C(=O)[C@H]2[C@@H](c3ccccc3)OC3(C(=O)c4ccccc4C3=O)[C@@H]2C1=O. The van der Waals surface area contributed by atoms with Crippen molar-refractivity contribution in [3.8, 4) is 0 Å². The number of carbonyl (C=O) groups excluding carboxylic acids is 4. The van der Waals surface area contributed by atoms with Crippen molar-refractivity contribution in [1.82, 2.24) is 0 Å². The minimum absolute atomic E-state index is 0.206. The monoisotopic (exact) mass is 471 g/mol. The van der Waals surface area contributed by atoms with E-state index in [-0.39, 0.29) is 11.1 Å². The van der Waals surface area contributed by atoms with Crippen molar-refractivity contribution in [3.63, 3.8) is 0 Å². The Bertz CT molecular complexity index is 1380. The molecule has 1 aliphatic carbocycles. The van der Waals surface area contributed by atoms with Crippen LogP contribution in [0.2, 0.25) is 5.02 Å². The van der Waals surface area contributed by atoms with Crippen LogP contribution in [0.4, 0.5) is 5.69 Å². The molecule has 2 fully saturated rings. The minimum atomic E-state index is -2.08. The van der Waals surface area contributed by atoms with Crippen LogP contribution in [-0.4, -0.2) is 29.0 Å². The lowest BCUT2D eigenvalue weighted by Gasteiger charge is -2.27. The molecule has 2 saturated heterocycles. The number of nitrogens with zero attached hydrogens (tertiary/aromatic N) is 1. The fourth-order valence-corrected chi connectivity index (χ4v) is 5.69. The first kappa shape index (κ1) is 21.0. The number of amides is 2. The molecule has 0 unspecified atom stereocenters. The van der Waals surface area contributed by atoms with E-state index in [2.05, 4.69) is 0 Å². The third-order valence-electron chi connectivity index (χ3n) is 7.06. The molecule has 3 aliphatic rings. The third-order valence-corrected chi connectivity index (χ3v) is 7.29. The molecular formula is C27H18ClNO5. The number of hydrogen-bond donors (Lipinski definition) is 0. The average molecular weight is 472 g/mol. The van der Waals surface area contributed by atoms with Crippen LogP contribution in [0, 0.1) is 18.8 Å². The van der Waals surface area contributed by atoms with Gasteiger partial charge in [0.15, 0.2) is 0 Å². The molecule has 3 aromatic rings. The molecule has 0 aromatic heterocycles. The number of aryl methyl sites for hydroxylation is 1. The topological polar surface area (TPSA) is 80.8 Å². The van der Waals surface area contributed by atoms with Crippen LogP contribution < -0.4 is 4.90 Å². The number of ketones is 2. The fourth-order valence-electron chi connectivity index (χ4n) is 5.52. The molecule has 6 nitrogen and oxygen atoms in total. The largest absolute Gasteiger partial charge is 0.349 e. The van der Waals surface area contributed by atoms with Crippen LogP contribution in [0.25, 0.3) is 0 Å². The lowest BCUT2D eigenvalue weighted by molar-refractivity contribution is -0.127. The Balaban J connectivity index is 1.57. The highest BCUT2D eigenvalue weighted by molar-refractivity contribution is 6.37. The van der Waals surface area contributed by atoms with Gasteiger partial charge in [0, 0.05) is 16.1 Å². The molecule has 0 N–H and O–H groups in total. The number of halogens is 1. The smallest absolute Gasteiger partial charge is 0.241 e. The van der Waals surface area contributed by atoms with Crippen LogP contribution >= 0.6 is 11.6 Å². The van der Waals surface area contributed by atoms with Crippen molar-refractivity contribution >= 4 is 40.7 Å². The summed E-state index contributed by atoms with van der Waals surface area (Å²) in [6.45, 7) is 1.77. The highest BCUT2D eigenvalue weighted by Crippen LogP contribution is 2.57. The van der Waals surface area contributed by atoms with Gasteiger partial charge in [-0.15, -0.1) is 0 Å². The molecule has 0 bridgehead atoms. The van der Waals surface area contributed by atoms with E-state index in [1.807, 2.05) is 6.07 Å². The summed E-state index contributed by atoms with van der Waals surface area (Å²) >= 11 is 6.18. The maximum Gasteiger partial charge on any atom is 0.241 e. The molecule has 3 atom stereocenters. The molecule has 168 valence electrons. The zero-order valence-corrected chi connectivity index (χ0v) is 18.8. The van der Waals surface area contributed by atoms with E-state index in [4.69, 9.17) is 16.3 Å². The lowest BCUT2D eigenvalue weighted by atomic mass is 9.77. The number of carbonyl (C=O) groups is 4. The zero-order valence-electron chi connectivity index (χ0n) is 18.0. The predicted octanol–water partition coefficient (Wildman–Crippen LogP) is 4.34. The van der Waals surface area contributed by atoms with Gasteiger partial charge in [0.05, 0.1) is 23.6 Å². The molecule has 1 spiro atoms. The van der Waals surface area contributed by atoms with Gasteiger partial charge in [0.2, 0.25) is 29.0 Å². The third kappa shape index (κ3) is 2.55. The van der Waals surface area contributed by atoms with Gasteiger partial charge >= 0.3 is 0 Å². The summed E-state index contributed by atoms with van der Waals surface area (Å²) in [6, 6.07) is 20.3. The molecule has 0 radical (unpaired) electrons. The van der Waals surface area contributed by atoms with E-state index in [0.717, 1.165) is 4.90 Å². The summed E-state index contributed by atoms with van der Waals surface area (Å²) < 4.78 is 6.26. The van der Waals surface area contributed by atoms with Gasteiger partial charge in [-0.3, -0.25) is 19.2 Å². The Morgan fingerprint density at radius 2 is 1.44 bits per heavy atom. The van der Waals surface area contributed by atoms with Gasteiger partial charge in [-0.25, -0.2) is 4.90 Å². The molecule has 34 heavy (non-hydrogen) atoms. The second-order valence-electron chi connectivity index (χ2n) is 8.83. The van der Waals surface area contributed by atoms with Gasteiger partial charge in [-0.1, -0.05) is 72.3 Å². The summed E-state index contributed by atoms with van der Waals surface area (Å²) in [5.74, 6) is -4.61. The maximum absolute atomic E-state index is 13.9. The molecule has 2 aliphatic heterocycles. The van der Waals surface area contributed by atoms with Gasteiger partial charge in [-0.05, 0) is 30.2 Å². The number of Topliss-reactive ketones (excluding diaryl/α,β-unsaturated/α-hetero) is 2. The van der Waals surface area contributed by atoms with Crippen LogP contribution in [0.3, 0.4) is 0 Å². The summed E-state index contributed by atoms with van der Waals surface area (Å²) in [5, 5.41) is 0.365. The quantitative estimate of drug-likeness (QED) is 0.410. The van der Waals surface area contributed by atoms with Crippen molar-refractivity contribution < 1.29 is 23.9 Å². The van der Waals surface area contributed by atoms with E-state index in [9.17, 15) is 19.2 Å². The number of fused-ring (bicyclic) bond motifs is 3. The first-order chi connectivity index (χ1) is 16.4. The van der Waals surface area contributed by atoms with Crippen LogP contribution in [0.15, 0.2) is 72.8 Å². The summed E-state index contributed by atoms with van der Waals surface area (Å²) in [6.07, 6.45) is -0.936. The van der Waals surface area contributed by atoms with Crippen molar-refractivity contribution in [3.05, 3.63) is 100 Å². The van der Waals surface area contributed by atoms with Gasteiger partial charge in [0.25, 0.3) is 0 Å². The summed E-state index contributed by atoms with van der Waals surface area (Å²) in [5.41, 5.74) is -0.0334. The number of ether oxygens (including phenoxy) is 1.